The summed E-state index contributed by atoms with van der Waals surface area (Å²) in [6.45, 7) is 0.332. The standard InChI is InChI=1S/C21H14ClNO2/c22-15-11-9-14(10-12-15)13-25-23-20-16-5-1-3-7-18(16)21(24)19-8-4-2-6-17(19)20/h1-12H,13H2. The predicted octanol–water partition coefficient (Wildman–Crippen LogP) is 4.85. The summed E-state index contributed by atoms with van der Waals surface area (Å²) in [5.41, 5.74) is 4.54. The van der Waals surface area contributed by atoms with Gasteiger partial charge in [-0.1, -0.05) is 77.4 Å². The topological polar surface area (TPSA) is 38.7 Å². The van der Waals surface area contributed by atoms with Crippen LogP contribution in [0.2, 0.25) is 5.02 Å². The number of rotatable bonds is 3. The largest absolute Gasteiger partial charge is 0.390 e. The second kappa shape index (κ2) is 6.54. The summed E-state index contributed by atoms with van der Waals surface area (Å²) in [5.74, 6) is 0.0165. The van der Waals surface area contributed by atoms with E-state index >= 15 is 0 Å². The fourth-order valence-electron chi connectivity index (χ4n) is 2.92. The van der Waals surface area contributed by atoms with Gasteiger partial charge in [0.25, 0.3) is 0 Å². The molecule has 0 fully saturated rings. The number of halogens is 1. The quantitative estimate of drug-likeness (QED) is 0.497. The van der Waals surface area contributed by atoms with Gasteiger partial charge in [-0.15, -0.1) is 0 Å². The van der Waals surface area contributed by atoms with E-state index in [9.17, 15) is 4.79 Å². The van der Waals surface area contributed by atoms with Gasteiger partial charge in [0.05, 0.1) is 0 Å². The summed E-state index contributed by atoms with van der Waals surface area (Å²) in [5, 5.41) is 5.03. The molecule has 0 saturated carbocycles. The highest BCUT2D eigenvalue weighted by Gasteiger charge is 2.27. The van der Waals surface area contributed by atoms with E-state index in [1.807, 2.05) is 72.8 Å². The van der Waals surface area contributed by atoms with Gasteiger partial charge < -0.3 is 4.84 Å². The molecular weight excluding hydrogens is 334 g/mol. The number of fused-ring (bicyclic) bond motifs is 2. The molecule has 3 aromatic rings. The van der Waals surface area contributed by atoms with Crippen molar-refractivity contribution in [2.75, 3.05) is 0 Å². The zero-order valence-corrected chi connectivity index (χ0v) is 14.0. The van der Waals surface area contributed by atoms with Crippen LogP contribution in [0.4, 0.5) is 0 Å². The van der Waals surface area contributed by atoms with Crippen molar-refractivity contribution in [3.05, 3.63) is 106 Å². The van der Waals surface area contributed by atoms with Crippen molar-refractivity contribution < 1.29 is 9.63 Å². The van der Waals surface area contributed by atoms with Crippen molar-refractivity contribution in [2.45, 2.75) is 6.61 Å². The Labute approximate surface area is 150 Å². The molecule has 0 aromatic heterocycles. The minimum atomic E-state index is 0.0165. The molecule has 25 heavy (non-hydrogen) atoms. The molecule has 0 spiro atoms. The van der Waals surface area contributed by atoms with Crippen LogP contribution < -0.4 is 0 Å². The van der Waals surface area contributed by atoms with E-state index in [0.29, 0.717) is 28.5 Å². The lowest BCUT2D eigenvalue weighted by Gasteiger charge is -2.19. The van der Waals surface area contributed by atoms with Crippen molar-refractivity contribution in [3.63, 3.8) is 0 Å². The van der Waals surface area contributed by atoms with E-state index < -0.39 is 0 Å². The van der Waals surface area contributed by atoms with E-state index in [1.54, 1.807) is 0 Å². The highest BCUT2D eigenvalue weighted by atomic mass is 35.5. The van der Waals surface area contributed by atoms with E-state index in [2.05, 4.69) is 5.16 Å². The summed E-state index contributed by atoms with van der Waals surface area (Å²) in [4.78, 5) is 18.3. The number of hydrogen-bond acceptors (Lipinski definition) is 3. The molecular formula is C21H14ClNO2. The molecule has 1 aliphatic carbocycles. The van der Waals surface area contributed by atoms with Crippen LogP contribution in [0.15, 0.2) is 78.0 Å². The molecule has 1 aliphatic rings. The van der Waals surface area contributed by atoms with Crippen LogP contribution in [0.5, 0.6) is 0 Å². The molecule has 0 atom stereocenters. The molecule has 4 heteroatoms. The Kier molecular flexibility index (Phi) is 4.08. The third-order valence-electron chi connectivity index (χ3n) is 4.15. The van der Waals surface area contributed by atoms with Crippen molar-refractivity contribution >= 4 is 23.1 Å². The molecule has 122 valence electrons. The average Bonchev–Trinajstić information content (AvgIpc) is 2.66. The molecule has 0 unspecified atom stereocenters. The SMILES string of the molecule is O=C1c2ccccc2C(=NOCc2ccc(Cl)cc2)c2ccccc21. The van der Waals surface area contributed by atoms with Gasteiger partial charge in [0, 0.05) is 27.3 Å². The van der Waals surface area contributed by atoms with Crippen LogP contribution in [0, 0.1) is 0 Å². The number of nitrogens with zero attached hydrogens (tertiary/aromatic N) is 1. The maximum atomic E-state index is 12.7. The summed E-state index contributed by atoms with van der Waals surface area (Å²) in [6.07, 6.45) is 0. The van der Waals surface area contributed by atoms with E-state index in [-0.39, 0.29) is 5.78 Å². The first-order valence-electron chi connectivity index (χ1n) is 7.92. The van der Waals surface area contributed by atoms with E-state index in [1.165, 1.54) is 0 Å². The van der Waals surface area contributed by atoms with Crippen LogP contribution in [0.1, 0.15) is 32.6 Å². The molecule has 0 heterocycles. The smallest absolute Gasteiger partial charge is 0.194 e. The van der Waals surface area contributed by atoms with Crippen molar-refractivity contribution in [2.24, 2.45) is 5.16 Å². The number of carbonyl (C=O) groups is 1. The Bertz CT molecular complexity index is 926. The third kappa shape index (κ3) is 2.94. The molecule has 0 N–H and O–H groups in total. The second-order valence-electron chi connectivity index (χ2n) is 5.76. The van der Waals surface area contributed by atoms with Gasteiger partial charge in [0.15, 0.2) is 5.78 Å². The fraction of sp³-hybridized carbons (Fsp3) is 0.0476. The average molecular weight is 348 g/mol. The number of hydrogen-bond donors (Lipinski definition) is 0. The van der Waals surface area contributed by atoms with Crippen LogP contribution in [-0.2, 0) is 11.4 Å². The number of carbonyl (C=O) groups excluding carboxylic acids is 1. The highest BCUT2D eigenvalue weighted by molar-refractivity contribution is 6.30. The number of ketones is 1. The van der Waals surface area contributed by atoms with Gasteiger partial charge >= 0.3 is 0 Å². The zero-order valence-electron chi connectivity index (χ0n) is 13.3. The molecule has 0 saturated heterocycles. The van der Waals surface area contributed by atoms with Crippen molar-refractivity contribution in [3.8, 4) is 0 Å². The molecule has 0 bridgehead atoms. The van der Waals surface area contributed by atoms with Gasteiger partial charge in [-0.25, -0.2) is 0 Å². The maximum absolute atomic E-state index is 12.7. The minimum Gasteiger partial charge on any atom is -0.390 e. The van der Waals surface area contributed by atoms with Gasteiger partial charge in [0.1, 0.15) is 12.3 Å². The fourth-order valence-corrected chi connectivity index (χ4v) is 3.04. The number of benzene rings is 3. The van der Waals surface area contributed by atoms with Gasteiger partial charge in [-0.3, -0.25) is 4.79 Å². The second-order valence-corrected chi connectivity index (χ2v) is 6.20. The van der Waals surface area contributed by atoms with E-state index in [4.69, 9.17) is 16.4 Å². The van der Waals surface area contributed by atoms with Gasteiger partial charge in [-0.2, -0.15) is 0 Å². The Hall–Kier alpha value is -2.91. The summed E-state index contributed by atoms with van der Waals surface area (Å²) >= 11 is 5.89. The van der Waals surface area contributed by atoms with Crippen LogP contribution in [0.3, 0.4) is 0 Å². The van der Waals surface area contributed by atoms with Crippen molar-refractivity contribution in [1.29, 1.82) is 0 Å². The molecule has 0 radical (unpaired) electrons. The zero-order chi connectivity index (χ0) is 17.2. The lowest BCUT2D eigenvalue weighted by atomic mass is 9.84. The van der Waals surface area contributed by atoms with E-state index in [0.717, 1.165) is 16.7 Å². The Balaban J connectivity index is 1.70. The molecule has 4 rings (SSSR count). The first-order chi connectivity index (χ1) is 12.2. The van der Waals surface area contributed by atoms with Crippen LogP contribution in [0.25, 0.3) is 0 Å². The summed E-state index contributed by atoms with van der Waals surface area (Å²) in [7, 11) is 0. The Morgan fingerprint density at radius 2 is 1.28 bits per heavy atom. The predicted molar refractivity (Wildman–Crippen MR) is 98.2 cm³/mol. The lowest BCUT2D eigenvalue weighted by molar-refractivity contribution is 0.103. The summed E-state index contributed by atoms with van der Waals surface area (Å²) < 4.78 is 0. The molecule has 0 amide bonds. The third-order valence-corrected chi connectivity index (χ3v) is 4.41. The normalized spacial score (nSPS) is 12.4. The summed E-state index contributed by atoms with van der Waals surface area (Å²) in [6, 6.07) is 22.4. The molecule has 3 aromatic carbocycles. The first kappa shape index (κ1) is 15.6. The van der Waals surface area contributed by atoms with Crippen LogP contribution >= 0.6 is 11.6 Å². The Morgan fingerprint density at radius 3 is 1.84 bits per heavy atom. The van der Waals surface area contributed by atoms with Crippen LogP contribution in [-0.4, -0.2) is 11.5 Å². The highest BCUT2D eigenvalue weighted by Crippen LogP contribution is 2.27. The molecule has 3 nitrogen and oxygen atoms in total. The lowest BCUT2D eigenvalue weighted by Crippen LogP contribution is -2.21. The Morgan fingerprint density at radius 1 is 0.760 bits per heavy atom. The first-order valence-corrected chi connectivity index (χ1v) is 8.30. The number of oxime groups is 1. The monoisotopic (exact) mass is 347 g/mol. The minimum absolute atomic E-state index is 0.0165. The van der Waals surface area contributed by atoms with Gasteiger partial charge in [-0.05, 0) is 17.7 Å². The maximum Gasteiger partial charge on any atom is 0.194 e. The van der Waals surface area contributed by atoms with Crippen molar-refractivity contribution in [1.82, 2.24) is 0 Å². The van der Waals surface area contributed by atoms with Gasteiger partial charge in [0.2, 0.25) is 0 Å². The molecule has 0 aliphatic heterocycles.